The van der Waals surface area contributed by atoms with Crippen LogP contribution in [0.4, 0.5) is 5.82 Å². The fraction of sp³-hybridized carbons (Fsp3) is 0.538. The van der Waals surface area contributed by atoms with Gasteiger partial charge in [-0.3, -0.25) is 19.1 Å². The van der Waals surface area contributed by atoms with E-state index in [4.69, 9.17) is 0 Å². The molecule has 2 aromatic heterocycles. The van der Waals surface area contributed by atoms with E-state index < -0.39 is 5.69 Å². The number of aromatic amines is 1. The highest BCUT2D eigenvalue weighted by Gasteiger charge is 2.10. The lowest BCUT2D eigenvalue weighted by molar-refractivity contribution is -0.121. The molecule has 2 heterocycles. The van der Waals surface area contributed by atoms with E-state index in [1.807, 2.05) is 20.0 Å². The van der Waals surface area contributed by atoms with Crippen LogP contribution in [0.5, 0.6) is 0 Å². The van der Waals surface area contributed by atoms with Gasteiger partial charge in [0.1, 0.15) is 11.6 Å². The van der Waals surface area contributed by atoms with Gasteiger partial charge in [-0.15, -0.1) is 0 Å². The first-order chi connectivity index (χ1) is 16.8. The summed E-state index contributed by atoms with van der Waals surface area (Å²) in [5.74, 6) is 1.35. The Balaban J connectivity index is 1.43. The molecule has 9 heteroatoms. The summed E-state index contributed by atoms with van der Waals surface area (Å²) in [6, 6.07) is 1.39. The van der Waals surface area contributed by atoms with E-state index in [1.54, 1.807) is 0 Å². The van der Waals surface area contributed by atoms with E-state index in [2.05, 4.69) is 45.1 Å². The second kappa shape index (κ2) is 12.4. The first kappa shape index (κ1) is 26.2. The van der Waals surface area contributed by atoms with Crippen molar-refractivity contribution in [2.75, 3.05) is 11.9 Å². The third-order valence-corrected chi connectivity index (χ3v) is 6.27. The topological polar surface area (TPSA) is 114 Å². The van der Waals surface area contributed by atoms with Crippen molar-refractivity contribution in [3.05, 3.63) is 67.5 Å². The molecular formula is C26H38N6O3. The number of hydrogen-bond donors (Lipinski definition) is 3. The van der Waals surface area contributed by atoms with Gasteiger partial charge in [0.25, 0.3) is 5.56 Å². The molecule has 35 heavy (non-hydrogen) atoms. The van der Waals surface area contributed by atoms with Gasteiger partial charge in [-0.2, -0.15) is 0 Å². The first-order valence-corrected chi connectivity index (χ1v) is 12.5. The van der Waals surface area contributed by atoms with Crippen molar-refractivity contribution in [3.8, 4) is 0 Å². The van der Waals surface area contributed by atoms with Crippen LogP contribution >= 0.6 is 0 Å². The van der Waals surface area contributed by atoms with Gasteiger partial charge in [0.15, 0.2) is 0 Å². The van der Waals surface area contributed by atoms with Crippen LogP contribution in [0.2, 0.25) is 0 Å². The number of hydrogen-bond acceptors (Lipinski definition) is 5. The van der Waals surface area contributed by atoms with Gasteiger partial charge in [-0.25, -0.2) is 9.78 Å². The Hall–Kier alpha value is -3.36. The lowest BCUT2D eigenvalue weighted by Gasteiger charge is -2.10. The first-order valence-electron chi connectivity index (χ1n) is 12.5. The molecule has 3 rings (SSSR count). The molecule has 0 unspecified atom stereocenters. The molecule has 0 spiro atoms. The van der Waals surface area contributed by atoms with Crippen molar-refractivity contribution in [2.24, 2.45) is 0 Å². The molecule has 0 bridgehead atoms. The van der Waals surface area contributed by atoms with E-state index in [0.717, 1.165) is 54.0 Å². The van der Waals surface area contributed by atoms with Crippen LogP contribution < -0.4 is 21.9 Å². The maximum absolute atomic E-state index is 12.5. The minimum absolute atomic E-state index is 0.0810. The van der Waals surface area contributed by atoms with Crippen molar-refractivity contribution < 1.29 is 4.79 Å². The second-order valence-corrected chi connectivity index (χ2v) is 9.24. The number of amides is 1. The van der Waals surface area contributed by atoms with E-state index in [9.17, 15) is 14.4 Å². The highest BCUT2D eigenvalue weighted by Crippen LogP contribution is 2.27. The number of rotatable bonds is 12. The average molecular weight is 483 g/mol. The maximum atomic E-state index is 12.5. The maximum Gasteiger partial charge on any atom is 0.329 e. The number of allylic oxidation sites excluding steroid dienone is 4. The number of anilines is 1. The van der Waals surface area contributed by atoms with Crippen molar-refractivity contribution in [2.45, 2.75) is 85.7 Å². The molecule has 1 aliphatic carbocycles. The number of aromatic nitrogens is 4. The van der Waals surface area contributed by atoms with Gasteiger partial charge in [0.2, 0.25) is 5.91 Å². The van der Waals surface area contributed by atoms with Crippen LogP contribution in [-0.4, -0.2) is 31.6 Å². The monoisotopic (exact) mass is 482 g/mol. The van der Waals surface area contributed by atoms with E-state index in [-0.39, 0.29) is 24.4 Å². The Labute approximate surface area is 206 Å². The zero-order valence-corrected chi connectivity index (χ0v) is 21.4. The van der Waals surface area contributed by atoms with Gasteiger partial charge < -0.3 is 15.2 Å². The summed E-state index contributed by atoms with van der Waals surface area (Å²) in [5.41, 5.74) is 3.71. The minimum Gasteiger partial charge on any atom is -0.356 e. The Kier molecular flexibility index (Phi) is 9.28. The fourth-order valence-corrected chi connectivity index (χ4v) is 4.46. The summed E-state index contributed by atoms with van der Waals surface area (Å²) < 4.78 is 3.26. The zero-order chi connectivity index (χ0) is 25.4. The Morgan fingerprint density at radius 3 is 2.69 bits per heavy atom. The highest BCUT2D eigenvalue weighted by molar-refractivity contribution is 5.75. The Bertz CT molecular complexity index is 1180. The largest absolute Gasteiger partial charge is 0.356 e. The molecule has 9 nitrogen and oxygen atoms in total. The molecule has 1 aliphatic rings. The molecule has 0 saturated carbocycles. The lowest BCUT2D eigenvalue weighted by Crippen LogP contribution is -2.35. The number of carbonyl (C=O) groups is 1. The van der Waals surface area contributed by atoms with Crippen LogP contribution in [0.3, 0.4) is 0 Å². The van der Waals surface area contributed by atoms with Gasteiger partial charge in [0.05, 0.1) is 5.69 Å². The number of nitrogens with one attached hydrogen (secondary N) is 3. The predicted octanol–water partition coefficient (Wildman–Crippen LogP) is 3.41. The summed E-state index contributed by atoms with van der Waals surface area (Å²) in [4.78, 5) is 44.3. The third kappa shape index (κ3) is 7.56. The molecule has 0 atom stereocenters. The number of imidazole rings is 1. The van der Waals surface area contributed by atoms with E-state index in [0.29, 0.717) is 18.8 Å². The summed E-state index contributed by atoms with van der Waals surface area (Å²) in [6.45, 7) is 9.68. The minimum atomic E-state index is -0.480. The average Bonchev–Trinajstić information content (AvgIpc) is 3.37. The van der Waals surface area contributed by atoms with Gasteiger partial charge in [0, 0.05) is 50.4 Å². The molecule has 0 aliphatic heterocycles. The Morgan fingerprint density at radius 1 is 1.20 bits per heavy atom. The molecule has 2 aromatic rings. The summed E-state index contributed by atoms with van der Waals surface area (Å²) in [6.07, 6.45) is 9.81. The molecule has 0 radical (unpaired) electrons. The summed E-state index contributed by atoms with van der Waals surface area (Å²) >= 11 is 0. The zero-order valence-electron chi connectivity index (χ0n) is 21.4. The summed E-state index contributed by atoms with van der Waals surface area (Å²) in [7, 11) is 0. The third-order valence-electron chi connectivity index (χ3n) is 6.27. The molecule has 0 saturated heterocycles. The van der Waals surface area contributed by atoms with Crippen molar-refractivity contribution in [1.29, 1.82) is 0 Å². The quantitative estimate of drug-likeness (QED) is 0.401. The molecule has 0 fully saturated rings. The molecule has 3 N–H and O–H groups in total. The smallest absolute Gasteiger partial charge is 0.329 e. The van der Waals surface area contributed by atoms with Crippen molar-refractivity contribution in [1.82, 2.24) is 24.4 Å². The number of nitrogens with zero attached hydrogens (tertiary/aromatic N) is 3. The number of carbonyl (C=O) groups excluding carboxylic acids is 1. The fourth-order valence-electron chi connectivity index (χ4n) is 4.46. The van der Waals surface area contributed by atoms with Crippen LogP contribution in [-0.2, 0) is 24.3 Å². The molecule has 0 aromatic carbocycles. The Morgan fingerprint density at radius 2 is 2.00 bits per heavy atom. The normalized spacial score (nSPS) is 14.0. The van der Waals surface area contributed by atoms with Crippen molar-refractivity contribution >= 4 is 11.7 Å². The SMILES string of the molecule is CCc1nc(C)cn1CCCNC(=O)CCCn1c(=O)cc(N/C(C)=C/C2=C(C)CCC2)[nH]c1=O. The van der Waals surface area contributed by atoms with Crippen LogP contribution in [0.15, 0.2) is 44.8 Å². The second-order valence-electron chi connectivity index (χ2n) is 9.24. The van der Waals surface area contributed by atoms with Gasteiger partial charge in [-0.1, -0.05) is 12.5 Å². The summed E-state index contributed by atoms with van der Waals surface area (Å²) in [5, 5.41) is 6.02. The molecule has 1 amide bonds. The van der Waals surface area contributed by atoms with Crippen molar-refractivity contribution in [3.63, 3.8) is 0 Å². The number of H-pyrrole nitrogens is 1. The highest BCUT2D eigenvalue weighted by atomic mass is 16.2. The van der Waals surface area contributed by atoms with Crippen LogP contribution in [0, 0.1) is 6.92 Å². The number of aryl methyl sites for hydroxylation is 3. The van der Waals surface area contributed by atoms with Crippen LogP contribution in [0.1, 0.15) is 70.8 Å². The van der Waals surface area contributed by atoms with Gasteiger partial charge >= 0.3 is 5.69 Å². The van der Waals surface area contributed by atoms with E-state index >= 15 is 0 Å². The molecular weight excluding hydrogens is 444 g/mol. The van der Waals surface area contributed by atoms with E-state index in [1.165, 1.54) is 23.6 Å². The lowest BCUT2D eigenvalue weighted by atomic mass is 10.1. The van der Waals surface area contributed by atoms with Crippen LogP contribution in [0.25, 0.3) is 0 Å². The molecule has 190 valence electrons. The standard InChI is InChI=1S/C26H38N6O3/c1-5-23-29-20(4)17-31(23)13-8-12-27-24(33)11-7-14-32-25(34)16-22(30-26(32)35)28-19(3)15-21-10-6-9-18(21)2/h15-17,28H,5-14H2,1-4H3,(H,27,33)(H,30,35)/b19-15+. The predicted molar refractivity (Wildman–Crippen MR) is 138 cm³/mol. The van der Waals surface area contributed by atoms with Gasteiger partial charge in [-0.05, 0) is 64.5 Å².